The molecule has 3 nitrogen and oxygen atoms in total. The molecule has 2 rings (SSSR count). The van der Waals surface area contributed by atoms with Crippen LogP contribution in [0.2, 0.25) is 0 Å². The van der Waals surface area contributed by atoms with Crippen LogP contribution in [0.5, 0.6) is 0 Å². The molecular weight excluding hydrogens is 256 g/mol. The minimum atomic E-state index is 0.0401. The standard InChI is InChI=1S/C15H28N2OS/c1-5-10(2)14-15(18)17(11(3)16-14)12-6-8-13(19-4)9-7-12/h10-14,16H,5-9H2,1-4H3. The van der Waals surface area contributed by atoms with Gasteiger partial charge in [-0.3, -0.25) is 10.1 Å². The van der Waals surface area contributed by atoms with Crippen LogP contribution >= 0.6 is 11.8 Å². The third kappa shape index (κ3) is 3.10. The SMILES string of the molecule is CCC(C)C1NC(C)N(C2CCC(SC)CC2)C1=O. The Hall–Kier alpha value is -0.220. The van der Waals surface area contributed by atoms with Crippen molar-refractivity contribution in [3.05, 3.63) is 0 Å². The Morgan fingerprint density at radius 3 is 2.53 bits per heavy atom. The van der Waals surface area contributed by atoms with Gasteiger partial charge in [-0.15, -0.1) is 0 Å². The number of hydrogen-bond donors (Lipinski definition) is 1. The molecule has 0 aromatic heterocycles. The van der Waals surface area contributed by atoms with E-state index in [1.165, 1.54) is 25.7 Å². The van der Waals surface area contributed by atoms with Crippen LogP contribution in [0.25, 0.3) is 0 Å². The molecule has 0 bridgehead atoms. The van der Waals surface area contributed by atoms with Crippen molar-refractivity contribution in [3.63, 3.8) is 0 Å². The Kier molecular flexibility index (Phi) is 5.18. The number of nitrogens with one attached hydrogen (secondary N) is 1. The van der Waals surface area contributed by atoms with Crippen molar-refractivity contribution in [2.45, 2.75) is 76.4 Å². The molecule has 0 spiro atoms. The van der Waals surface area contributed by atoms with Crippen LogP contribution in [0, 0.1) is 5.92 Å². The first-order valence-corrected chi connectivity index (χ1v) is 8.98. The smallest absolute Gasteiger partial charge is 0.241 e. The van der Waals surface area contributed by atoms with Crippen molar-refractivity contribution >= 4 is 17.7 Å². The van der Waals surface area contributed by atoms with Gasteiger partial charge in [-0.25, -0.2) is 0 Å². The largest absolute Gasteiger partial charge is 0.323 e. The number of nitrogens with zero attached hydrogens (tertiary/aromatic N) is 1. The van der Waals surface area contributed by atoms with Gasteiger partial charge in [-0.05, 0) is 44.8 Å². The predicted octanol–water partition coefficient (Wildman–Crippen LogP) is 2.85. The number of hydrogen-bond acceptors (Lipinski definition) is 3. The van der Waals surface area contributed by atoms with Crippen LogP contribution in [0.3, 0.4) is 0 Å². The Bertz CT molecular complexity index is 315. The van der Waals surface area contributed by atoms with E-state index in [0.29, 0.717) is 17.9 Å². The molecule has 4 heteroatoms. The Morgan fingerprint density at radius 1 is 1.37 bits per heavy atom. The Labute approximate surface area is 121 Å². The Morgan fingerprint density at radius 2 is 2.00 bits per heavy atom. The third-order valence-corrected chi connectivity index (χ3v) is 6.08. The van der Waals surface area contributed by atoms with Crippen LogP contribution < -0.4 is 5.32 Å². The van der Waals surface area contributed by atoms with E-state index >= 15 is 0 Å². The first kappa shape index (κ1) is 15.2. The summed E-state index contributed by atoms with van der Waals surface area (Å²) >= 11 is 1.98. The highest BCUT2D eigenvalue weighted by molar-refractivity contribution is 7.99. The number of amides is 1. The van der Waals surface area contributed by atoms with Crippen LogP contribution in [-0.2, 0) is 4.79 Å². The number of thioether (sulfide) groups is 1. The lowest BCUT2D eigenvalue weighted by Crippen LogP contribution is -2.45. The van der Waals surface area contributed by atoms with Gasteiger partial charge in [0.15, 0.2) is 0 Å². The number of rotatable bonds is 4. The van der Waals surface area contributed by atoms with Gasteiger partial charge in [0.25, 0.3) is 0 Å². The summed E-state index contributed by atoms with van der Waals surface area (Å²) in [4.78, 5) is 14.8. The average molecular weight is 284 g/mol. The summed E-state index contributed by atoms with van der Waals surface area (Å²) in [6.45, 7) is 6.48. The summed E-state index contributed by atoms with van der Waals surface area (Å²) in [7, 11) is 0. The van der Waals surface area contributed by atoms with E-state index in [0.717, 1.165) is 11.7 Å². The van der Waals surface area contributed by atoms with Crippen molar-refractivity contribution in [1.82, 2.24) is 10.2 Å². The monoisotopic (exact) mass is 284 g/mol. The molecule has 1 N–H and O–H groups in total. The van der Waals surface area contributed by atoms with Crippen molar-refractivity contribution < 1.29 is 4.79 Å². The average Bonchev–Trinajstić information content (AvgIpc) is 2.73. The number of carbonyl (C=O) groups is 1. The molecular formula is C15H28N2OS. The second kappa shape index (κ2) is 6.49. The quantitative estimate of drug-likeness (QED) is 0.861. The molecule has 0 radical (unpaired) electrons. The molecule has 0 aromatic carbocycles. The van der Waals surface area contributed by atoms with Gasteiger partial charge < -0.3 is 4.90 Å². The molecule has 2 fully saturated rings. The molecule has 110 valence electrons. The zero-order valence-corrected chi connectivity index (χ0v) is 13.5. The van der Waals surface area contributed by atoms with Crippen molar-refractivity contribution in [2.75, 3.05) is 6.26 Å². The van der Waals surface area contributed by atoms with Crippen LogP contribution in [0.15, 0.2) is 0 Å². The normalized spacial score (nSPS) is 37.7. The van der Waals surface area contributed by atoms with Crippen molar-refractivity contribution in [3.8, 4) is 0 Å². The fourth-order valence-corrected chi connectivity index (χ4v) is 4.21. The van der Waals surface area contributed by atoms with Gasteiger partial charge in [-0.2, -0.15) is 11.8 Å². The van der Waals surface area contributed by atoms with Crippen LogP contribution in [-0.4, -0.2) is 40.6 Å². The highest BCUT2D eigenvalue weighted by Gasteiger charge is 2.42. The van der Waals surface area contributed by atoms with E-state index in [2.05, 4.69) is 37.2 Å². The lowest BCUT2D eigenvalue weighted by Gasteiger charge is -2.36. The second-order valence-electron chi connectivity index (χ2n) is 6.12. The van der Waals surface area contributed by atoms with Gasteiger partial charge in [0.2, 0.25) is 5.91 Å². The molecule has 0 aromatic rings. The van der Waals surface area contributed by atoms with Gasteiger partial charge in [0.1, 0.15) is 0 Å². The van der Waals surface area contributed by atoms with E-state index in [9.17, 15) is 4.79 Å². The lowest BCUT2D eigenvalue weighted by molar-refractivity contribution is -0.133. The van der Waals surface area contributed by atoms with E-state index < -0.39 is 0 Å². The summed E-state index contributed by atoms with van der Waals surface area (Å²) in [6.07, 6.45) is 8.35. The lowest BCUT2D eigenvalue weighted by atomic mass is 9.92. The molecule has 1 aliphatic heterocycles. The zero-order chi connectivity index (χ0) is 14.0. The molecule has 19 heavy (non-hydrogen) atoms. The molecule has 1 saturated heterocycles. The van der Waals surface area contributed by atoms with Crippen LogP contribution in [0.4, 0.5) is 0 Å². The second-order valence-corrected chi connectivity index (χ2v) is 7.26. The highest BCUT2D eigenvalue weighted by Crippen LogP contribution is 2.32. The predicted molar refractivity (Wildman–Crippen MR) is 82.2 cm³/mol. The van der Waals surface area contributed by atoms with Crippen molar-refractivity contribution in [2.24, 2.45) is 5.92 Å². The van der Waals surface area contributed by atoms with Crippen molar-refractivity contribution in [1.29, 1.82) is 0 Å². The molecule has 2 aliphatic rings. The zero-order valence-electron chi connectivity index (χ0n) is 12.7. The summed E-state index contributed by atoms with van der Waals surface area (Å²) < 4.78 is 0. The Balaban J connectivity index is 1.99. The van der Waals surface area contributed by atoms with E-state index in [1.54, 1.807) is 0 Å². The van der Waals surface area contributed by atoms with Gasteiger partial charge >= 0.3 is 0 Å². The van der Waals surface area contributed by atoms with Crippen LogP contribution in [0.1, 0.15) is 52.9 Å². The van der Waals surface area contributed by atoms with E-state index in [1.807, 2.05) is 11.8 Å². The minimum Gasteiger partial charge on any atom is -0.323 e. The van der Waals surface area contributed by atoms with Gasteiger partial charge in [-0.1, -0.05) is 20.3 Å². The molecule has 1 saturated carbocycles. The van der Waals surface area contributed by atoms with Gasteiger partial charge in [0.05, 0.1) is 12.2 Å². The number of carbonyl (C=O) groups excluding carboxylic acids is 1. The maximum Gasteiger partial charge on any atom is 0.241 e. The molecule has 3 unspecified atom stereocenters. The third-order valence-electron chi connectivity index (χ3n) is 4.94. The summed E-state index contributed by atoms with van der Waals surface area (Å²) in [5.41, 5.74) is 0. The molecule has 1 aliphatic carbocycles. The maximum atomic E-state index is 12.6. The topological polar surface area (TPSA) is 32.3 Å². The molecule has 3 atom stereocenters. The molecule has 1 heterocycles. The minimum absolute atomic E-state index is 0.0401. The fourth-order valence-electron chi connectivity index (χ4n) is 3.46. The summed E-state index contributed by atoms with van der Waals surface area (Å²) in [6, 6.07) is 0.505. The summed E-state index contributed by atoms with van der Waals surface area (Å²) in [5.74, 6) is 0.775. The first-order chi connectivity index (χ1) is 9.08. The van der Waals surface area contributed by atoms with Gasteiger partial charge in [0, 0.05) is 11.3 Å². The van der Waals surface area contributed by atoms with E-state index in [4.69, 9.17) is 0 Å². The maximum absolute atomic E-state index is 12.6. The van der Waals surface area contributed by atoms with E-state index in [-0.39, 0.29) is 12.2 Å². The summed E-state index contributed by atoms with van der Waals surface area (Å²) in [5, 5.41) is 4.31. The highest BCUT2D eigenvalue weighted by atomic mass is 32.2. The fraction of sp³-hybridized carbons (Fsp3) is 0.933. The first-order valence-electron chi connectivity index (χ1n) is 7.69. The molecule has 1 amide bonds.